The molecule has 5 nitrogen and oxygen atoms in total. The van der Waals surface area contributed by atoms with Crippen molar-refractivity contribution in [2.45, 2.75) is 20.0 Å². The number of phenols is 1. The number of benzene rings is 1. The first-order chi connectivity index (χ1) is 9.20. The molecule has 2 aromatic rings. The largest absolute Gasteiger partial charge is 0.504 e. The molecule has 1 aromatic carbocycles. The summed E-state index contributed by atoms with van der Waals surface area (Å²) in [5, 5.41) is 13.2. The molecule has 5 heteroatoms. The summed E-state index contributed by atoms with van der Waals surface area (Å²) >= 11 is 0. The van der Waals surface area contributed by atoms with Crippen LogP contribution in [-0.4, -0.2) is 22.2 Å². The van der Waals surface area contributed by atoms with Crippen molar-refractivity contribution in [3.05, 3.63) is 47.5 Å². The zero-order valence-corrected chi connectivity index (χ0v) is 11.1. The molecule has 100 valence electrons. The Bertz CT molecular complexity index is 558. The minimum absolute atomic E-state index is 0.177. The van der Waals surface area contributed by atoms with E-state index in [9.17, 15) is 5.11 Å². The lowest BCUT2D eigenvalue weighted by Crippen LogP contribution is -2.14. The number of aromatic nitrogens is 2. The maximum atomic E-state index is 9.94. The van der Waals surface area contributed by atoms with Gasteiger partial charge in [0.2, 0.25) is 0 Å². The second kappa shape index (κ2) is 6.15. The molecule has 0 bridgehead atoms. The Hall–Kier alpha value is -2.14. The Morgan fingerprint density at radius 3 is 2.84 bits per heavy atom. The van der Waals surface area contributed by atoms with Crippen LogP contribution in [0.3, 0.4) is 0 Å². The van der Waals surface area contributed by atoms with Gasteiger partial charge < -0.3 is 15.2 Å². The molecular formula is C14H17N3O2. The van der Waals surface area contributed by atoms with E-state index < -0.39 is 0 Å². The van der Waals surface area contributed by atoms with Gasteiger partial charge in [-0.3, -0.25) is 0 Å². The van der Waals surface area contributed by atoms with E-state index in [4.69, 9.17) is 4.74 Å². The lowest BCUT2D eigenvalue weighted by molar-refractivity contribution is 0.369. The maximum absolute atomic E-state index is 9.94. The van der Waals surface area contributed by atoms with Crippen molar-refractivity contribution in [2.24, 2.45) is 0 Å². The third-order valence-electron chi connectivity index (χ3n) is 2.76. The van der Waals surface area contributed by atoms with Crippen molar-refractivity contribution >= 4 is 0 Å². The summed E-state index contributed by atoms with van der Waals surface area (Å²) in [5.74, 6) is 1.41. The van der Waals surface area contributed by atoms with Gasteiger partial charge in [-0.15, -0.1) is 0 Å². The highest BCUT2D eigenvalue weighted by Gasteiger charge is 2.06. The third kappa shape index (κ3) is 3.42. The molecule has 0 spiro atoms. The number of aryl methyl sites for hydroxylation is 1. The van der Waals surface area contributed by atoms with Crippen molar-refractivity contribution in [2.75, 3.05) is 7.11 Å². The molecule has 0 saturated heterocycles. The van der Waals surface area contributed by atoms with E-state index >= 15 is 0 Å². The van der Waals surface area contributed by atoms with Crippen LogP contribution in [0, 0.1) is 6.92 Å². The zero-order valence-electron chi connectivity index (χ0n) is 11.1. The summed E-state index contributed by atoms with van der Waals surface area (Å²) in [6.45, 7) is 3.03. The normalized spacial score (nSPS) is 10.4. The van der Waals surface area contributed by atoms with E-state index in [0.29, 0.717) is 18.8 Å². The molecule has 0 fully saturated rings. The summed E-state index contributed by atoms with van der Waals surface area (Å²) in [6.07, 6.45) is 1.74. The van der Waals surface area contributed by atoms with Gasteiger partial charge in [0.05, 0.1) is 12.8 Å². The summed E-state index contributed by atoms with van der Waals surface area (Å²) in [6, 6.07) is 7.30. The van der Waals surface area contributed by atoms with E-state index in [2.05, 4.69) is 15.3 Å². The van der Waals surface area contributed by atoms with Crippen molar-refractivity contribution in [3.63, 3.8) is 0 Å². The van der Waals surface area contributed by atoms with Crippen LogP contribution in [0.5, 0.6) is 11.5 Å². The average Bonchev–Trinajstić information content (AvgIpc) is 2.41. The van der Waals surface area contributed by atoms with Gasteiger partial charge in [-0.1, -0.05) is 12.1 Å². The van der Waals surface area contributed by atoms with Crippen molar-refractivity contribution in [3.8, 4) is 11.5 Å². The molecule has 2 rings (SSSR count). The minimum atomic E-state index is 0.177. The van der Waals surface area contributed by atoms with Gasteiger partial charge in [0.25, 0.3) is 0 Å². The molecule has 0 aliphatic rings. The van der Waals surface area contributed by atoms with E-state index in [0.717, 1.165) is 17.1 Å². The maximum Gasteiger partial charge on any atom is 0.162 e. The van der Waals surface area contributed by atoms with Crippen LogP contribution in [0.2, 0.25) is 0 Å². The van der Waals surface area contributed by atoms with Crippen molar-refractivity contribution in [1.82, 2.24) is 15.3 Å². The van der Waals surface area contributed by atoms with Gasteiger partial charge in [0, 0.05) is 24.8 Å². The first kappa shape index (κ1) is 13.3. The van der Waals surface area contributed by atoms with Crippen molar-refractivity contribution < 1.29 is 9.84 Å². The number of hydrogen-bond acceptors (Lipinski definition) is 5. The Morgan fingerprint density at radius 1 is 1.26 bits per heavy atom. The number of nitrogens with zero attached hydrogens (tertiary/aromatic N) is 2. The Balaban J connectivity index is 1.96. The van der Waals surface area contributed by atoms with Gasteiger partial charge in [-0.25, -0.2) is 9.97 Å². The third-order valence-corrected chi connectivity index (χ3v) is 2.76. The van der Waals surface area contributed by atoms with Crippen LogP contribution in [-0.2, 0) is 13.1 Å². The first-order valence-electron chi connectivity index (χ1n) is 6.05. The van der Waals surface area contributed by atoms with Gasteiger partial charge in [-0.05, 0) is 19.1 Å². The monoisotopic (exact) mass is 259 g/mol. The van der Waals surface area contributed by atoms with Crippen LogP contribution in [0.1, 0.15) is 17.1 Å². The molecular weight excluding hydrogens is 242 g/mol. The highest BCUT2D eigenvalue weighted by atomic mass is 16.5. The van der Waals surface area contributed by atoms with E-state index in [1.807, 2.05) is 25.1 Å². The predicted molar refractivity (Wildman–Crippen MR) is 72.0 cm³/mol. The molecule has 0 unspecified atom stereocenters. The fraction of sp³-hybridized carbons (Fsp3) is 0.286. The predicted octanol–water partition coefficient (Wildman–Crippen LogP) is 1.79. The standard InChI is InChI=1S/C14H17N3O2/c1-10-16-7-6-12(17-10)9-15-8-11-4-3-5-13(19-2)14(11)18/h3-7,15,18H,8-9H2,1-2H3. The van der Waals surface area contributed by atoms with Crippen LogP contribution >= 0.6 is 0 Å². The second-order valence-electron chi connectivity index (χ2n) is 4.17. The Morgan fingerprint density at radius 2 is 2.11 bits per heavy atom. The first-order valence-corrected chi connectivity index (χ1v) is 6.05. The van der Waals surface area contributed by atoms with Crippen LogP contribution < -0.4 is 10.1 Å². The van der Waals surface area contributed by atoms with E-state index in [1.165, 1.54) is 7.11 Å². The van der Waals surface area contributed by atoms with Gasteiger partial charge in [-0.2, -0.15) is 0 Å². The van der Waals surface area contributed by atoms with Crippen LogP contribution in [0.25, 0.3) is 0 Å². The molecule has 0 atom stereocenters. The number of phenolic OH excluding ortho intramolecular Hbond substituents is 1. The summed E-state index contributed by atoms with van der Waals surface area (Å²) in [7, 11) is 1.54. The molecule has 2 N–H and O–H groups in total. The summed E-state index contributed by atoms with van der Waals surface area (Å²) in [4.78, 5) is 8.35. The molecule has 0 aliphatic heterocycles. The number of ether oxygens (including phenoxy) is 1. The number of rotatable bonds is 5. The zero-order chi connectivity index (χ0) is 13.7. The Kier molecular flexibility index (Phi) is 4.30. The van der Waals surface area contributed by atoms with Crippen LogP contribution in [0.15, 0.2) is 30.5 Å². The average molecular weight is 259 g/mol. The van der Waals surface area contributed by atoms with Gasteiger partial charge in [0.1, 0.15) is 5.82 Å². The highest BCUT2D eigenvalue weighted by molar-refractivity contribution is 5.45. The Labute approximate surface area is 112 Å². The molecule has 0 aliphatic carbocycles. The fourth-order valence-electron chi connectivity index (χ4n) is 1.80. The minimum Gasteiger partial charge on any atom is -0.504 e. The smallest absolute Gasteiger partial charge is 0.162 e. The fourth-order valence-corrected chi connectivity index (χ4v) is 1.80. The highest BCUT2D eigenvalue weighted by Crippen LogP contribution is 2.29. The number of nitrogens with one attached hydrogen (secondary N) is 1. The van der Waals surface area contributed by atoms with Gasteiger partial charge in [0.15, 0.2) is 11.5 Å². The lowest BCUT2D eigenvalue weighted by atomic mass is 10.2. The van der Waals surface area contributed by atoms with E-state index in [-0.39, 0.29) is 5.75 Å². The number of aromatic hydroxyl groups is 1. The molecule has 1 heterocycles. The molecule has 0 amide bonds. The number of methoxy groups -OCH3 is 1. The van der Waals surface area contributed by atoms with Gasteiger partial charge >= 0.3 is 0 Å². The molecule has 0 radical (unpaired) electrons. The molecule has 1 aromatic heterocycles. The lowest BCUT2D eigenvalue weighted by Gasteiger charge is -2.09. The quantitative estimate of drug-likeness (QED) is 0.857. The molecule has 19 heavy (non-hydrogen) atoms. The van der Waals surface area contributed by atoms with Crippen molar-refractivity contribution in [1.29, 1.82) is 0 Å². The SMILES string of the molecule is COc1cccc(CNCc2ccnc(C)n2)c1O. The second-order valence-corrected chi connectivity index (χ2v) is 4.17. The topological polar surface area (TPSA) is 67.3 Å². The van der Waals surface area contributed by atoms with E-state index in [1.54, 1.807) is 12.3 Å². The van der Waals surface area contributed by atoms with Crippen LogP contribution in [0.4, 0.5) is 0 Å². The number of para-hydroxylation sites is 1. The molecule has 0 saturated carbocycles. The number of hydrogen-bond donors (Lipinski definition) is 2. The summed E-state index contributed by atoms with van der Waals surface area (Å²) in [5.41, 5.74) is 1.72. The summed E-state index contributed by atoms with van der Waals surface area (Å²) < 4.78 is 5.07.